The molecule has 0 amide bonds. The van der Waals surface area contributed by atoms with Gasteiger partial charge in [-0.3, -0.25) is 4.68 Å². The Kier molecular flexibility index (Phi) is 6.31. The number of carboxylic acids is 2. The number of nitrogens with two attached hydrogens (primary N) is 1. The second kappa shape index (κ2) is 8.45. The first kappa shape index (κ1) is 19.4. The van der Waals surface area contributed by atoms with Crippen LogP contribution in [0.2, 0.25) is 0 Å². The smallest absolute Gasteiger partial charge is 0.328 e. The van der Waals surface area contributed by atoms with Crippen LogP contribution in [0.5, 0.6) is 5.06 Å². The van der Waals surface area contributed by atoms with Crippen molar-refractivity contribution in [2.75, 3.05) is 7.11 Å². The second-order valence-corrected chi connectivity index (χ2v) is 6.54. The standard InChI is InChI=1S/C13H15N3OS.C4H4O4/c1-8(14)7-16-13-9(6-15-16)3-4-11-10(13)5-12(17-2)18-11;5-3(6)1-2-4(7)8/h3-6,8H,7,14H2,1-2H3;1-2H,(H,5,6)(H,7,8)/b;2-1+/t8-;/m0./s1. The van der Waals surface area contributed by atoms with E-state index in [-0.39, 0.29) is 6.04 Å². The Bertz CT molecular complexity index is 942. The lowest BCUT2D eigenvalue weighted by Crippen LogP contribution is -2.22. The summed E-state index contributed by atoms with van der Waals surface area (Å²) in [5, 5.41) is 23.3. The minimum atomic E-state index is -1.26. The van der Waals surface area contributed by atoms with Gasteiger partial charge in [0, 0.05) is 39.7 Å². The van der Waals surface area contributed by atoms with E-state index in [1.165, 1.54) is 10.1 Å². The molecule has 8 nitrogen and oxygen atoms in total. The van der Waals surface area contributed by atoms with Gasteiger partial charge in [0.2, 0.25) is 0 Å². The molecule has 0 radical (unpaired) electrons. The highest BCUT2D eigenvalue weighted by molar-refractivity contribution is 7.20. The molecule has 138 valence electrons. The third kappa shape index (κ3) is 4.80. The Morgan fingerprint density at radius 1 is 1.35 bits per heavy atom. The molecular weight excluding hydrogens is 358 g/mol. The quantitative estimate of drug-likeness (QED) is 0.582. The fourth-order valence-corrected chi connectivity index (χ4v) is 3.21. The first-order chi connectivity index (χ1) is 12.3. The molecule has 2 heterocycles. The number of rotatable bonds is 5. The van der Waals surface area contributed by atoms with Crippen molar-refractivity contribution in [1.29, 1.82) is 0 Å². The maximum Gasteiger partial charge on any atom is 0.328 e. The maximum atomic E-state index is 9.55. The molecule has 2 aromatic heterocycles. The predicted molar refractivity (Wildman–Crippen MR) is 99.7 cm³/mol. The Morgan fingerprint density at radius 2 is 2.00 bits per heavy atom. The highest BCUT2D eigenvalue weighted by Gasteiger charge is 2.11. The maximum absolute atomic E-state index is 9.55. The second-order valence-electron chi connectivity index (χ2n) is 5.50. The topological polar surface area (TPSA) is 128 Å². The average molecular weight is 377 g/mol. The Morgan fingerprint density at radius 3 is 2.54 bits per heavy atom. The summed E-state index contributed by atoms with van der Waals surface area (Å²) in [6.07, 6.45) is 3.01. The van der Waals surface area contributed by atoms with Gasteiger partial charge in [-0.2, -0.15) is 5.10 Å². The van der Waals surface area contributed by atoms with Crippen LogP contribution >= 0.6 is 11.3 Å². The summed E-state index contributed by atoms with van der Waals surface area (Å²) in [6, 6.07) is 6.37. The van der Waals surface area contributed by atoms with Crippen molar-refractivity contribution < 1.29 is 24.5 Å². The van der Waals surface area contributed by atoms with E-state index in [0.717, 1.165) is 22.5 Å². The molecule has 4 N–H and O–H groups in total. The number of aliphatic carboxylic acids is 2. The van der Waals surface area contributed by atoms with Gasteiger partial charge in [0.05, 0.1) is 25.4 Å². The number of carboxylic acid groups (broad SMARTS) is 2. The van der Waals surface area contributed by atoms with Gasteiger partial charge in [0.25, 0.3) is 0 Å². The number of carbonyl (C=O) groups is 2. The molecule has 0 fully saturated rings. The molecule has 26 heavy (non-hydrogen) atoms. The van der Waals surface area contributed by atoms with Crippen molar-refractivity contribution in [2.24, 2.45) is 5.73 Å². The normalized spacial score (nSPS) is 12.1. The largest absolute Gasteiger partial charge is 0.487 e. The van der Waals surface area contributed by atoms with Crippen molar-refractivity contribution >= 4 is 44.3 Å². The monoisotopic (exact) mass is 377 g/mol. The minimum absolute atomic E-state index is 0.0869. The van der Waals surface area contributed by atoms with Gasteiger partial charge in [0.15, 0.2) is 5.06 Å². The van der Waals surface area contributed by atoms with Crippen LogP contribution in [0.3, 0.4) is 0 Å². The molecule has 0 aliphatic rings. The number of ether oxygens (including phenoxy) is 1. The van der Waals surface area contributed by atoms with Crippen LogP contribution in [0.1, 0.15) is 6.92 Å². The molecule has 1 atom stereocenters. The molecule has 0 bridgehead atoms. The number of aromatic nitrogens is 2. The Labute approximate surface area is 153 Å². The number of thiophene rings is 1. The molecule has 0 aliphatic heterocycles. The SMILES string of the molecule is COc1cc2c(ccc3cnn(C[C@H](C)N)c32)s1.O=C(O)/C=C/C(=O)O. The van der Waals surface area contributed by atoms with E-state index in [1.807, 2.05) is 17.8 Å². The van der Waals surface area contributed by atoms with E-state index in [9.17, 15) is 9.59 Å². The van der Waals surface area contributed by atoms with E-state index >= 15 is 0 Å². The highest BCUT2D eigenvalue weighted by Crippen LogP contribution is 2.36. The molecule has 0 saturated heterocycles. The van der Waals surface area contributed by atoms with Crippen LogP contribution in [0.4, 0.5) is 0 Å². The van der Waals surface area contributed by atoms with Crippen LogP contribution in [-0.4, -0.2) is 45.1 Å². The van der Waals surface area contributed by atoms with Crippen LogP contribution in [-0.2, 0) is 16.1 Å². The summed E-state index contributed by atoms with van der Waals surface area (Å²) < 4.78 is 8.50. The molecule has 9 heteroatoms. The molecule has 0 aliphatic carbocycles. The Hall–Kier alpha value is -2.91. The van der Waals surface area contributed by atoms with Crippen LogP contribution in [0.25, 0.3) is 21.0 Å². The minimum Gasteiger partial charge on any atom is -0.487 e. The molecule has 0 saturated carbocycles. The summed E-state index contributed by atoms with van der Waals surface area (Å²) in [5.41, 5.74) is 7.01. The molecule has 3 rings (SSSR count). The third-order valence-electron chi connectivity index (χ3n) is 3.31. The van der Waals surface area contributed by atoms with E-state index in [0.29, 0.717) is 12.2 Å². The van der Waals surface area contributed by atoms with Crippen molar-refractivity contribution in [3.05, 3.63) is 36.5 Å². The lowest BCUT2D eigenvalue weighted by atomic mass is 10.2. The van der Waals surface area contributed by atoms with Crippen molar-refractivity contribution in [3.63, 3.8) is 0 Å². The molecule has 0 unspecified atom stereocenters. The summed E-state index contributed by atoms with van der Waals surface area (Å²) >= 11 is 1.65. The zero-order valence-electron chi connectivity index (χ0n) is 14.2. The molecule has 0 spiro atoms. The van der Waals surface area contributed by atoms with Gasteiger partial charge in [-0.25, -0.2) is 9.59 Å². The van der Waals surface area contributed by atoms with Crippen molar-refractivity contribution in [1.82, 2.24) is 9.78 Å². The summed E-state index contributed by atoms with van der Waals surface area (Å²) in [7, 11) is 1.70. The van der Waals surface area contributed by atoms with Crippen LogP contribution in [0.15, 0.2) is 36.5 Å². The average Bonchev–Trinajstić information content (AvgIpc) is 3.16. The number of hydrogen-bond donors (Lipinski definition) is 3. The first-order valence-corrected chi connectivity index (χ1v) is 8.45. The van der Waals surface area contributed by atoms with Gasteiger partial charge in [-0.05, 0) is 19.1 Å². The summed E-state index contributed by atoms with van der Waals surface area (Å²) in [4.78, 5) is 19.1. The van der Waals surface area contributed by atoms with Crippen LogP contribution in [0, 0.1) is 0 Å². The molecular formula is C17H19N3O5S. The lowest BCUT2D eigenvalue weighted by Gasteiger charge is -2.07. The number of methoxy groups -OCH3 is 1. The highest BCUT2D eigenvalue weighted by atomic mass is 32.1. The fourth-order valence-electron chi connectivity index (χ4n) is 2.33. The van der Waals surface area contributed by atoms with E-state index < -0.39 is 11.9 Å². The van der Waals surface area contributed by atoms with E-state index in [2.05, 4.69) is 23.3 Å². The lowest BCUT2D eigenvalue weighted by molar-refractivity contribution is -0.134. The molecule has 1 aromatic carbocycles. The number of hydrogen-bond acceptors (Lipinski definition) is 6. The predicted octanol–water partition coefficient (Wildman–Crippen LogP) is 2.32. The number of nitrogens with zero attached hydrogens (tertiary/aromatic N) is 2. The summed E-state index contributed by atoms with van der Waals surface area (Å²) in [5.74, 6) is -2.51. The zero-order chi connectivity index (χ0) is 19.3. The fraction of sp³-hybridized carbons (Fsp3) is 0.235. The van der Waals surface area contributed by atoms with Crippen LogP contribution < -0.4 is 10.5 Å². The van der Waals surface area contributed by atoms with Crippen molar-refractivity contribution in [3.8, 4) is 5.06 Å². The molecule has 3 aromatic rings. The van der Waals surface area contributed by atoms with E-state index in [1.54, 1.807) is 18.4 Å². The third-order valence-corrected chi connectivity index (χ3v) is 4.37. The van der Waals surface area contributed by atoms with Gasteiger partial charge in [0.1, 0.15) is 0 Å². The van der Waals surface area contributed by atoms with Gasteiger partial charge < -0.3 is 20.7 Å². The first-order valence-electron chi connectivity index (χ1n) is 7.63. The van der Waals surface area contributed by atoms with Crippen molar-refractivity contribution in [2.45, 2.75) is 19.5 Å². The van der Waals surface area contributed by atoms with Gasteiger partial charge in [-0.1, -0.05) is 11.3 Å². The number of fused-ring (bicyclic) bond motifs is 3. The van der Waals surface area contributed by atoms with Gasteiger partial charge >= 0.3 is 11.9 Å². The van der Waals surface area contributed by atoms with Gasteiger partial charge in [-0.15, -0.1) is 0 Å². The summed E-state index contributed by atoms with van der Waals surface area (Å²) in [6.45, 7) is 2.71. The zero-order valence-corrected chi connectivity index (χ0v) is 15.1. The Balaban J connectivity index is 0.000000260. The number of benzene rings is 1. The van der Waals surface area contributed by atoms with E-state index in [4.69, 9.17) is 20.7 Å².